The van der Waals surface area contributed by atoms with Crippen LogP contribution in [0, 0.1) is 19.7 Å². The molecule has 0 unspecified atom stereocenters. The van der Waals surface area contributed by atoms with Crippen LogP contribution in [0.15, 0.2) is 29.1 Å². The van der Waals surface area contributed by atoms with Crippen LogP contribution in [-0.2, 0) is 13.1 Å². The number of nitrogens with zero attached hydrogens (tertiary/aromatic N) is 2. The number of aryl methyl sites for hydroxylation is 2. The number of halogens is 1. The summed E-state index contributed by atoms with van der Waals surface area (Å²) in [5, 5.41) is 0. The maximum absolute atomic E-state index is 13.4. The molecule has 1 aromatic carbocycles. The van der Waals surface area contributed by atoms with Crippen molar-refractivity contribution in [1.82, 2.24) is 9.55 Å². The highest BCUT2D eigenvalue weighted by atomic mass is 19.1. The first-order valence-electron chi connectivity index (χ1n) is 6.03. The van der Waals surface area contributed by atoms with Crippen LogP contribution in [0.25, 0.3) is 0 Å². The largest absolute Gasteiger partial charge is 0.348 e. The zero-order chi connectivity index (χ0) is 14.0. The lowest BCUT2D eigenvalue weighted by Gasteiger charge is -2.11. The van der Waals surface area contributed by atoms with E-state index in [1.807, 2.05) is 13.0 Å². The Morgan fingerprint density at radius 1 is 1.21 bits per heavy atom. The van der Waals surface area contributed by atoms with Crippen molar-refractivity contribution in [2.75, 3.05) is 0 Å². The van der Waals surface area contributed by atoms with Crippen molar-refractivity contribution < 1.29 is 4.39 Å². The van der Waals surface area contributed by atoms with Crippen molar-refractivity contribution in [3.05, 3.63) is 63.1 Å². The fourth-order valence-electron chi connectivity index (χ4n) is 2.08. The summed E-state index contributed by atoms with van der Waals surface area (Å²) in [6, 6.07) is 6.43. The number of hydrogen-bond donors (Lipinski definition) is 1. The highest BCUT2D eigenvalue weighted by Crippen LogP contribution is 2.11. The van der Waals surface area contributed by atoms with E-state index in [1.165, 1.54) is 16.7 Å². The van der Waals surface area contributed by atoms with Gasteiger partial charge in [-0.25, -0.2) is 9.18 Å². The first-order chi connectivity index (χ1) is 8.99. The van der Waals surface area contributed by atoms with Crippen LogP contribution in [0.2, 0.25) is 0 Å². The zero-order valence-corrected chi connectivity index (χ0v) is 11.0. The average Bonchev–Trinajstić information content (AvgIpc) is 2.33. The molecule has 5 heteroatoms. The van der Waals surface area contributed by atoms with Crippen molar-refractivity contribution in [2.24, 2.45) is 5.73 Å². The molecule has 1 heterocycles. The van der Waals surface area contributed by atoms with Gasteiger partial charge in [0, 0.05) is 17.9 Å². The smallest absolute Gasteiger partial charge is 0.326 e. The molecule has 0 saturated carbocycles. The maximum atomic E-state index is 13.4. The Labute approximate surface area is 110 Å². The lowest BCUT2D eigenvalue weighted by atomic mass is 10.1. The molecule has 0 saturated heterocycles. The molecule has 4 nitrogen and oxygen atoms in total. The quantitative estimate of drug-likeness (QED) is 0.911. The SMILES string of the molecule is Cc1cc(C)n(Cc2cc(F)cc(CN)c2)c(=O)n1. The van der Waals surface area contributed by atoms with Gasteiger partial charge >= 0.3 is 5.69 Å². The van der Waals surface area contributed by atoms with Crippen LogP contribution in [0.3, 0.4) is 0 Å². The van der Waals surface area contributed by atoms with Crippen LogP contribution < -0.4 is 11.4 Å². The molecule has 0 amide bonds. The van der Waals surface area contributed by atoms with Gasteiger partial charge in [0.05, 0.1) is 6.54 Å². The minimum absolute atomic E-state index is 0.269. The summed E-state index contributed by atoms with van der Waals surface area (Å²) in [7, 11) is 0. The Kier molecular flexibility index (Phi) is 3.76. The Hall–Kier alpha value is -2.01. The summed E-state index contributed by atoms with van der Waals surface area (Å²) in [6.07, 6.45) is 0. The predicted molar refractivity (Wildman–Crippen MR) is 71.4 cm³/mol. The van der Waals surface area contributed by atoms with E-state index in [2.05, 4.69) is 4.98 Å². The highest BCUT2D eigenvalue weighted by Gasteiger charge is 2.06. The van der Waals surface area contributed by atoms with E-state index in [-0.39, 0.29) is 18.1 Å². The third-order valence-corrected chi connectivity index (χ3v) is 2.94. The molecule has 0 aliphatic rings. The summed E-state index contributed by atoms with van der Waals surface area (Å²) in [4.78, 5) is 15.7. The van der Waals surface area contributed by atoms with Crippen LogP contribution in [0.4, 0.5) is 4.39 Å². The van der Waals surface area contributed by atoms with Crippen LogP contribution in [0.1, 0.15) is 22.5 Å². The number of aromatic nitrogens is 2. The van der Waals surface area contributed by atoms with E-state index in [0.717, 1.165) is 5.69 Å². The molecule has 0 aliphatic heterocycles. The molecular weight excluding hydrogens is 245 g/mol. The molecule has 0 radical (unpaired) electrons. The van der Waals surface area contributed by atoms with E-state index in [0.29, 0.717) is 23.4 Å². The first kappa shape index (κ1) is 13.4. The van der Waals surface area contributed by atoms with E-state index >= 15 is 0 Å². The van der Waals surface area contributed by atoms with Crippen LogP contribution in [-0.4, -0.2) is 9.55 Å². The second-order valence-electron chi connectivity index (χ2n) is 4.58. The zero-order valence-electron chi connectivity index (χ0n) is 11.0. The predicted octanol–water partition coefficient (Wildman–Crippen LogP) is 1.51. The molecule has 0 fully saturated rings. The molecule has 2 aromatic rings. The van der Waals surface area contributed by atoms with Gasteiger partial charge in [0.15, 0.2) is 0 Å². The minimum atomic E-state index is -0.344. The molecule has 19 heavy (non-hydrogen) atoms. The van der Waals surface area contributed by atoms with Gasteiger partial charge in [0.25, 0.3) is 0 Å². The monoisotopic (exact) mass is 261 g/mol. The van der Waals surface area contributed by atoms with Gasteiger partial charge in [-0.1, -0.05) is 6.07 Å². The first-order valence-corrected chi connectivity index (χ1v) is 6.03. The molecule has 0 atom stereocenters. The Morgan fingerprint density at radius 2 is 1.89 bits per heavy atom. The summed E-state index contributed by atoms with van der Waals surface area (Å²) in [5.41, 5.74) is 8.09. The van der Waals surface area contributed by atoms with Gasteiger partial charge in [0.1, 0.15) is 5.82 Å². The molecule has 0 spiro atoms. The van der Waals surface area contributed by atoms with Crippen molar-refractivity contribution >= 4 is 0 Å². The van der Waals surface area contributed by atoms with Crippen molar-refractivity contribution in [1.29, 1.82) is 0 Å². The summed E-state index contributed by atoms with van der Waals surface area (Å²) in [6.45, 7) is 4.17. The fourth-order valence-corrected chi connectivity index (χ4v) is 2.08. The molecular formula is C14H16FN3O. The minimum Gasteiger partial charge on any atom is -0.326 e. The van der Waals surface area contributed by atoms with E-state index in [9.17, 15) is 9.18 Å². The third-order valence-electron chi connectivity index (χ3n) is 2.94. The summed E-state index contributed by atoms with van der Waals surface area (Å²) < 4.78 is 14.9. The highest BCUT2D eigenvalue weighted by molar-refractivity contribution is 5.25. The molecule has 1 aromatic heterocycles. The number of hydrogen-bond acceptors (Lipinski definition) is 3. The van der Waals surface area contributed by atoms with Gasteiger partial charge in [-0.2, -0.15) is 4.98 Å². The van der Waals surface area contributed by atoms with Gasteiger partial charge in [-0.15, -0.1) is 0 Å². The number of nitrogens with two attached hydrogens (primary N) is 1. The van der Waals surface area contributed by atoms with E-state index < -0.39 is 0 Å². The summed E-state index contributed by atoms with van der Waals surface area (Å²) >= 11 is 0. The Bertz CT molecular complexity index is 664. The average molecular weight is 261 g/mol. The molecule has 0 aliphatic carbocycles. The Morgan fingerprint density at radius 3 is 2.53 bits per heavy atom. The van der Waals surface area contributed by atoms with Crippen LogP contribution in [0.5, 0.6) is 0 Å². The van der Waals surface area contributed by atoms with Gasteiger partial charge in [-0.05, 0) is 43.2 Å². The topological polar surface area (TPSA) is 60.9 Å². The van der Waals surface area contributed by atoms with Crippen LogP contribution >= 0.6 is 0 Å². The fraction of sp³-hybridized carbons (Fsp3) is 0.286. The molecule has 0 bridgehead atoms. The second kappa shape index (κ2) is 5.32. The molecule has 2 N–H and O–H groups in total. The maximum Gasteiger partial charge on any atom is 0.348 e. The summed E-state index contributed by atoms with van der Waals surface area (Å²) in [5.74, 6) is -0.344. The lowest BCUT2D eigenvalue weighted by Crippen LogP contribution is -2.26. The van der Waals surface area contributed by atoms with E-state index in [4.69, 9.17) is 5.73 Å². The normalized spacial score (nSPS) is 10.7. The molecule has 100 valence electrons. The van der Waals surface area contributed by atoms with Crippen molar-refractivity contribution in [3.8, 4) is 0 Å². The van der Waals surface area contributed by atoms with Crippen molar-refractivity contribution in [2.45, 2.75) is 26.9 Å². The van der Waals surface area contributed by atoms with E-state index in [1.54, 1.807) is 13.0 Å². The van der Waals surface area contributed by atoms with Gasteiger partial charge < -0.3 is 5.73 Å². The lowest BCUT2D eigenvalue weighted by molar-refractivity contribution is 0.617. The third kappa shape index (κ3) is 3.06. The number of benzene rings is 1. The number of rotatable bonds is 3. The standard InChI is InChI=1S/C14H16FN3O/c1-9-3-10(2)18(14(19)17-9)8-12-4-11(7-16)5-13(15)6-12/h3-6H,7-8,16H2,1-2H3. The van der Waals surface area contributed by atoms with Gasteiger partial charge in [-0.3, -0.25) is 4.57 Å². The second-order valence-corrected chi connectivity index (χ2v) is 4.58. The van der Waals surface area contributed by atoms with Crippen molar-refractivity contribution in [3.63, 3.8) is 0 Å². The molecule has 2 rings (SSSR count). The Balaban J connectivity index is 2.42. The van der Waals surface area contributed by atoms with Gasteiger partial charge in [0.2, 0.25) is 0 Å².